The third-order valence-electron chi connectivity index (χ3n) is 10.6. The minimum atomic E-state index is 0.867. The topological polar surface area (TPSA) is 16.4 Å². The van der Waals surface area contributed by atoms with Crippen molar-refractivity contribution in [3.05, 3.63) is 188 Å². The van der Waals surface area contributed by atoms with Crippen LogP contribution in [0.4, 0.5) is 17.1 Å². The summed E-state index contributed by atoms with van der Waals surface area (Å²) < 4.78 is 9.36. The van der Waals surface area contributed by atoms with Gasteiger partial charge in [0.25, 0.3) is 0 Å². The molecule has 0 atom stereocenters. The second-order valence-corrected chi connectivity index (χ2v) is 14.7. The third-order valence-corrected chi connectivity index (χ3v) is 11.8. The molecule has 0 bridgehead atoms. The Morgan fingerprint density at radius 2 is 1.08 bits per heavy atom. The van der Waals surface area contributed by atoms with Gasteiger partial charge in [0.2, 0.25) is 0 Å². The van der Waals surface area contributed by atoms with E-state index in [2.05, 4.69) is 187 Å². The molecule has 0 saturated heterocycles. The van der Waals surface area contributed by atoms with Crippen molar-refractivity contribution in [2.24, 2.45) is 0 Å². The fourth-order valence-corrected chi connectivity index (χ4v) is 9.35. The number of hydrogen-bond acceptors (Lipinski definition) is 3. The average molecular weight is 694 g/mol. The molecule has 11 aromatic rings. The van der Waals surface area contributed by atoms with E-state index in [1.807, 2.05) is 17.4 Å². The molecule has 0 fully saturated rings. The predicted molar refractivity (Wildman–Crippen MR) is 227 cm³/mol. The monoisotopic (exact) mass is 693 g/mol. The number of fused-ring (bicyclic) bond motifs is 9. The molecule has 0 aliphatic carbocycles. The van der Waals surface area contributed by atoms with Crippen molar-refractivity contribution in [2.75, 3.05) is 4.90 Å². The largest absolute Gasteiger partial charge is 0.454 e. The number of nitrogens with zero attached hydrogens (tertiary/aromatic N) is 1. The van der Waals surface area contributed by atoms with Crippen molar-refractivity contribution in [3.8, 4) is 22.3 Å². The van der Waals surface area contributed by atoms with E-state index < -0.39 is 0 Å². The molecular formula is C50H31NOS. The zero-order chi connectivity index (χ0) is 34.9. The van der Waals surface area contributed by atoms with Gasteiger partial charge in [-0.3, -0.25) is 0 Å². The van der Waals surface area contributed by atoms with Gasteiger partial charge in [-0.1, -0.05) is 146 Å². The summed E-state index contributed by atoms with van der Waals surface area (Å²) in [7, 11) is 0. The first-order valence-electron chi connectivity index (χ1n) is 18.0. The minimum absolute atomic E-state index is 0.867. The van der Waals surface area contributed by atoms with E-state index in [4.69, 9.17) is 4.42 Å². The lowest BCUT2D eigenvalue weighted by molar-refractivity contribution is 0.669. The highest BCUT2D eigenvalue weighted by molar-refractivity contribution is 7.25. The van der Waals surface area contributed by atoms with Crippen molar-refractivity contribution in [3.63, 3.8) is 0 Å². The molecule has 0 unspecified atom stereocenters. The summed E-state index contributed by atoms with van der Waals surface area (Å²) in [6, 6.07) is 68.0. The number of hydrogen-bond donors (Lipinski definition) is 0. The van der Waals surface area contributed by atoms with Gasteiger partial charge in [-0.2, -0.15) is 0 Å². The second kappa shape index (κ2) is 11.9. The molecule has 53 heavy (non-hydrogen) atoms. The summed E-state index contributed by atoms with van der Waals surface area (Å²) in [5.74, 6) is 0. The number of anilines is 3. The first kappa shape index (κ1) is 30.0. The molecule has 0 aliphatic rings. The maximum atomic E-state index is 6.74. The van der Waals surface area contributed by atoms with Crippen LogP contribution in [0.25, 0.3) is 85.9 Å². The molecule has 3 heteroatoms. The molecule has 0 amide bonds. The fourth-order valence-electron chi connectivity index (χ4n) is 8.21. The number of para-hydroxylation sites is 2. The van der Waals surface area contributed by atoms with Gasteiger partial charge in [-0.25, -0.2) is 0 Å². The number of furan rings is 1. The Morgan fingerprint density at radius 3 is 1.96 bits per heavy atom. The van der Waals surface area contributed by atoms with Crippen molar-refractivity contribution < 1.29 is 4.42 Å². The lowest BCUT2D eigenvalue weighted by Crippen LogP contribution is -2.11. The number of rotatable bonds is 5. The standard InChI is InChI=1S/C50H31NOS/c1-2-13-32(14-3-1)44-31-35(26-28-37(44)34-25-27-42-41-20-9-11-24-48(41)53-49(42)30-34)51(45-22-12-21-43-40-19-8-10-23-47(40)52-50(43)45)46-29-33-15-4-5-16-36(33)38-17-6-7-18-39(38)46/h1-31H. The van der Waals surface area contributed by atoms with Gasteiger partial charge in [0.05, 0.1) is 11.4 Å². The zero-order valence-electron chi connectivity index (χ0n) is 28.7. The van der Waals surface area contributed by atoms with Crippen LogP contribution in [0, 0.1) is 0 Å². The highest BCUT2D eigenvalue weighted by Gasteiger charge is 2.23. The fraction of sp³-hybridized carbons (Fsp3) is 0. The number of benzene rings is 9. The van der Waals surface area contributed by atoms with Crippen molar-refractivity contribution in [2.45, 2.75) is 0 Å². The summed E-state index contributed by atoms with van der Waals surface area (Å²) in [6.45, 7) is 0. The Balaban J connectivity index is 1.20. The normalized spacial score (nSPS) is 11.8. The van der Waals surface area contributed by atoms with Crippen molar-refractivity contribution in [1.82, 2.24) is 0 Å². The van der Waals surface area contributed by atoms with E-state index in [1.54, 1.807) is 0 Å². The average Bonchev–Trinajstić information content (AvgIpc) is 3.80. The van der Waals surface area contributed by atoms with Crippen LogP contribution in [-0.2, 0) is 0 Å². The highest BCUT2D eigenvalue weighted by Crippen LogP contribution is 2.48. The maximum Gasteiger partial charge on any atom is 0.159 e. The van der Waals surface area contributed by atoms with Gasteiger partial charge < -0.3 is 9.32 Å². The molecule has 11 rings (SSSR count). The smallest absolute Gasteiger partial charge is 0.159 e. The molecule has 2 aromatic heterocycles. The number of thiophene rings is 1. The Labute approximate surface area is 310 Å². The Hall–Kier alpha value is -6.68. The van der Waals surface area contributed by atoms with Crippen LogP contribution in [0.15, 0.2) is 192 Å². The van der Waals surface area contributed by atoms with E-state index in [0.29, 0.717) is 0 Å². The lowest BCUT2D eigenvalue weighted by Gasteiger charge is -2.28. The molecule has 248 valence electrons. The first-order chi connectivity index (χ1) is 26.3. The molecule has 0 aliphatic heterocycles. The van der Waals surface area contributed by atoms with Gasteiger partial charge in [0, 0.05) is 42.0 Å². The van der Waals surface area contributed by atoms with E-state index in [9.17, 15) is 0 Å². The van der Waals surface area contributed by atoms with Crippen LogP contribution >= 0.6 is 11.3 Å². The first-order valence-corrected chi connectivity index (χ1v) is 18.8. The SMILES string of the molecule is c1ccc(-c2cc(N(c3cc4ccccc4c4ccccc34)c3cccc4c3oc3ccccc34)ccc2-c2ccc3c(c2)sc2ccccc23)cc1. The van der Waals surface area contributed by atoms with Crippen LogP contribution in [0.5, 0.6) is 0 Å². The summed E-state index contributed by atoms with van der Waals surface area (Å²) >= 11 is 1.86. The molecule has 0 radical (unpaired) electrons. The quantitative estimate of drug-likeness (QED) is 0.167. The van der Waals surface area contributed by atoms with E-state index >= 15 is 0 Å². The van der Waals surface area contributed by atoms with Crippen LogP contribution in [0.1, 0.15) is 0 Å². The van der Waals surface area contributed by atoms with Gasteiger partial charge in [-0.05, 0) is 80.9 Å². The van der Waals surface area contributed by atoms with Gasteiger partial charge >= 0.3 is 0 Å². The minimum Gasteiger partial charge on any atom is -0.454 e. The summed E-state index contributed by atoms with van der Waals surface area (Å²) in [5, 5.41) is 9.68. The molecule has 2 heterocycles. The molecule has 0 saturated carbocycles. The predicted octanol–water partition coefficient (Wildman–Crippen LogP) is 15.1. The Kier molecular flexibility index (Phi) is 6.76. The molecule has 0 spiro atoms. The maximum absolute atomic E-state index is 6.74. The summed E-state index contributed by atoms with van der Waals surface area (Å²) in [5.41, 5.74) is 9.66. The molecule has 0 N–H and O–H groups in total. The van der Waals surface area contributed by atoms with Crippen molar-refractivity contribution >= 4 is 92.1 Å². The summed E-state index contributed by atoms with van der Waals surface area (Å²) in [4.78, 5) is 2.41. The van der Waals surface area contributed by atoms with Crippen LogP contribution in [-0.4, -0.2) is 0 Å². The van der Waals surface area contributed by atoms with E-state index in [-0.39, 0.29) is 0 Å². The highest BCUT2D eigenvalue weighted by atomic mass is 32.1. The zero-order valence-corrected chi connectivity index (χ0v) is 29.5. The van der Waals surface area contributed by atoms with Crippen molar-refractivity contribution in [1.29, 1.82) is 0 Å². The second-order valence-electron chi connectivity index (χ2n) is 13.7. The van der Waals surface area contributed by atoms with E-state index in [0.717, 1.165) is 39.0 Å². The lowest BCUT2D eigenvalue weighted by atomic mass is 9.92. The molecule has 9 aromatic carbocycles. The van der Waals surface area contributed by atoms with E-state index in [1.165, 1.54) is 64.0 Å². The Morgan fingerprint density at radius 1 is 0.377 bits per heavy atom. The van der Waals surface area contributed by atoms with Gasteiger partial charge in [-0.15, -0.1) is 11.3 Å². The summed E-state index contributed by atoms with van der Waals surface area (Å²) in [6.07, 6.45) is 0. The third kappa shape index (κ3) is 4.78. The molecule has 2 nitrogen and oxygen atoms in total. The van der Waals surface area contributed by atoms with Crippen LogP contribution in [0.2, 0.25) is 0 Å². The van der Waals surface area contributed by atoms with Gasteiger partial charge in [0.15, 0.2) is 5.58 Å². The Bertz CT molecular complexity index is 3190. The molecular weight excluding hydrogens is 663 g/mol. The van der Waals surface area contributed by atoms with Crippen LogP contribution in [0.3, 0.4) is 0 Å². The van der Waals surface area contributed by atoms with Gasteiger partial charge in [0.1, 0.15) is 5.58 Å². The van der Waals surface area contributed by atoms with Crippen LogP contribution < -0.4 is 4.90 Å².